The largest absolute Gasteiger partial charge is 0.366 e. The zero-order valence-corrected chi connectivity index (χ0v) is 16.1. The van der Waals surface area contributed by atoms with Gasteiger partial charge in [-0.25, -0.2) is 9.67 Å². The molecule has 1 aliphatic heterocycles. The first-order valence-corrected chi connectivity index (χ1v) is 9.85. The third-order valence-corrected chi connectivity index (χ3v) is 3.81. The number of aromatic nitrogens is 3. The van der Waals surface area contributed by atoms with Gasteiger partial charge in [0.15, 0.2) is 6.29 Å². The zero-order chi connectivity index (χ0) is 19.5. The molecule has 0 saturated carbocycles. The van der Waals surface area contributed by atoms with Crippen molar-refractivity contribution in [1.29, 1.82) is 0 Å². The summed E-state index contributed by atoms with van der Waals surface area (Å²) in [6, 6.07) is 5.00. The minimum Gasteiger partial charge on any atom is -0.366 e. The summed E-state index contributed by atoms with van der Waals surface area (Å²) < 4.78 is 38.9. The number of hydrogen-bond acceptors (Lipinski definition) is 7. The van der Waals surface area contributed by atoms with Gasteiger partial charge in [-0.1, -0.05) is 29.3 Å². The molecule has 0 spiro atoms. The molecule has 1 aromatic carbocycles. The Morgan fingerprint density at radius 3 is 2.46 bits per heavy atom. The molecule has 3 atom stereocenters. The third-order valence-electron chi connectivity index (χ3n) is 3.27. The van der Waals surface area contributed by atoms with Crippen molar-refractivity contribution < 1.29 is 27.6 Å². The van der Waals surface area contributed by atoms with E-state index in [1.807, 2.05) is 0 Å². The molecule has 2 N–H and O–H groups in total. The maximum Gasteiger partial charge on any atom is 0.261 e. The lowest BCUT2D eigenvalue weighted by Gasteiger charge is -2.28. The smallest absolute Gasteiger partial charge is 0.261 e. The lowest BCUT2D eigenvalue weighted by molar-refractivity contribution is -0.216. The Morgan fingerprint density at radius 2 is 2.00 bits per heavy atom. The van der Waals surface area contributed by atoms with Gasteiger partial charge in [0.05, 0.1) is 11.3 Å². The number of hydrogen-bond donors (Lipinski definition) is 2. The Bertz CT molecular complexity index is 828. The zero-order valence-electron chi connectivity index (χ0n) is 13.8. The predicted octanol–water partition coefficient (Wildman–Crippen LogP) is 1.70. The van der Waals surface area contributed by atoms with Crippen LogP contribution >= 0.6 is 23.2 Å². The quantitative estimate of drug-likeness (QED) is 0.711. The molecule has 144 valence electrons. The highest BCUT2D eigenvalue weighted by atomic mass is 35.5. The minimum atomic E-state index is -3.67. The fraction of sp³-hybridized carbons (Fsp3) is 0.429. The van der Waals surface area contributed by atoms with E-state index in [-0.39, 0.29) is 6.54 Å². The van der Waals surface area contributed by atoms with Crippen molar-refractivity contribution in [3.05, 3.63) is 46.5 Å². The summed E-state index contributed by atoms with van der Waals surface area (Å²) in [7, 11) is -3.67. The fourth-order valence-corrected chi connectivity index (χ4v) is 2.84. The SMILES string of the molecule is CC1OC(Cn2cncn2)(c2ccc(Cl)cc2Cl)OC1O.CS(=O)(=O)O. The first kappa shape index (κ1) is 21.0. The molecular formula is C14H17Cl2N3O6S. The lowest BCUT2D eigenvalue weighted by Crippen LogP contribution is -2.34. The van der Waals surface area contributed by atoms with Crippen LogP contribution in [0.2, 0.25) is 10.0 Å². The number of halogens is 2. The second-order valence-electron chi connectivity index (χ2n) is 5.53. The Balaban J connectivity index is 0.000000431. The minimum absolute atomic E-state index is 0.204. The molecule has 26 heavy (non-hydrogen) atoms. The summed E-state index contributed by atoms with van der Waals surface area (Å²) in [6.07, 6.45) is 2.10. The standard InChI is InChI=1S/C13H13Cl2N3O3.CH4O3S/c1-8-12(19)21-13(20-8,5-18-7-16-6-17-18)10-3-2-9(14)4-11(10)15;1-5(2,3)4/h2-4,6-8,12,19H,5H2,1H3;1H3,(H,2,3,4). The molecule has 2 heterocycles. The van der Waals surface area contributed by atoms with Crippen molar-refractivity contribution >= 4 is 33.3 Å². The van der Waals surface area contributed by atoms with Gasteiger partial charge in [0.1, 0.15) is 25.3 Å². The summed E-state index contributed by atoms with van der Waals surface area (Å²) in [5.74, 6) is -1.24. The molecule has 0 radical (unpaired) electrons. The van der Waals surface area contributed by atoms with Crippen molar-refractivity contribution in [3.8, 4) is 0 Å². The second kappa shape index (κ2) is 8.17. The van der Waals surface area contributed by atoms with Crippen LogP contribution in [-0.2, 0) is 31.9 Å². The maximum atomic E-state index is 9.91. The van der Waals surface area contributed by atoms with Gasteiger partial charge in [-0.05, 0) is 19.1 Å². The molecule has 3 unspecified atom stereocenters. The second-order valence-corrected chi connectivity index (χ2v) is 7.84. The fourth-order valence-electron chi connectivity index (χ4n) is 2.29. The highest BCUT2D eigenvalue weighted by Crippen LogP contribution is 2.42. The van der Waals surface area contributed by atoms with Crippen LogP contribution in [0.25, 0.3) is 0 Å². The van der Waals surface area contributed by atoms with E-state index in [0.717, 1.165) is 0 Å². The maximum absolute atomic E-state index is 9.91. The Hall–Kier alpha value is -1.27. The summed E-state index contributed by atoms with van der Waals surface area (Å²) in [5, 5.41) is 14.8. The number of benzene rings is 1. The van der Waals surface area contributed by atoms with Gasteiger partial charge in [0.2, 0.25) is 5.79 Å². The number of rotatable bonds is 3. The van der Waals surface area contributed by atoms with Crippen LogP contribution in [0.5, 0.6) is 0 Å². The van der Waals surface area contributed by atoms with E-state index >= 15 is 0 Å². The molecule has 2 aromatic rings. The molecule has 9 nitrogen and oxygen atoms in total. The number of ether oxygens (including phenoxy) is 2. The summed E-state index contributed by atoms with van der Waals surface area (Å²) in [4.78, 5) is 3.89. The lowest BCUT2D eigenvalue weighted by atomic mass is 10.1. The first-order chi connectivity index (χ1) is 12.0. The van der Waals surface area contributed by atoms with Crippen LogP contribution in [0.1, 0.15) is 12.5 Å². The molecule has 1 aliphatic rings. The molecular weight excluding hydrogens is 409 g/mol. The van der Waals surface area contributed by atoms with Gasteiger partial charge in [-0.3, -0.25) is 4.55 Å². The van der Waals surface area contributed by atoms with E-state index in [4.69, 9.17) is 37.2 Å². The molecule has 12 heteroatoms. The Morgan fingerprint density at radius 1 is 1.35 bits per heavy atom. The monoisotopic (exact) mass is 425 g/mol. The number of nitrogens with zero attached hydrogens (tertiary/aromatic N) is 3. The van der Waals surface area contributed by atoms with Crippen LogP contribution in [-0.4, -0.2) is 51.5 Å². The predicted molar refractivity (Wildman–Crippen MR) is 93.3 cm³/mol. The highest BCUT2D eigenvalue weighted by Gasteiger charge is 2.48. The molecule has 3 rings (SSSR count). The van der Waals surface area contributed by atoms with Crippen LogP contribution in [0, 0.1) is 0 Å². The molecule has 0 bridgehead atoms. The highest BCUT2D eigenvalue weighted by molar-refractivity contribution is 7.85. The van der Waals surface area contributed by atoms with Gasteiger partial charge in [0.25, 0.3) is 10.1 Å². The van der Waals surface area contributed by atoms with E-state index in [1.165, 1.54) is 12.7 Å². The molecule has 1 saturated heterocycles. The number of aliphatic hydroxyl groups excluding tert-OH is 1. The van der Waals surface area contributed by atoms with Gasteiger partial charge in [-0.2, -0.15) is 13.5 Å². The Labute approximate surface area is 160 Å². The summed E-state index contributed by atoms with van der Waals surface area (Å²) in [5.41, 5.74) is 0.576. The molecule has 1 aromatic heterocycles. The average Bonchev–Trinajstić information content (AvgIpc) is 3.06. The molecule has 1 fully saturated rings. The van der Waals surface area contributed by atoms with Crippen molar-refractivity contribution in [2.24, 2.45) is 0 Å². The van der Waals surface area contributed by atoms with E-state index < -0.39 is 28.3 Å². The van der Waals surface area contributed by atoms with Gasteiger partial charge < -0.3 is 14.6 Å². The van der Waals surface area contributed by atoms with E-state index in [9.17, 15) is 13.5 Å². The van der Waals surface area contributed by atoms with E-state index in [2.05, 4.69) is 10.1 Å². The van der Waals surface area contributed by atoms with Crippen molar-refractivity contribution in [2.45, 2.75) is 31.6 Å². The van der Waals surface area contributed by atoms with Crippen molar-refractivity contribution in [2.75, 3.05) is 6.26 Å². The Kier molecular flexibility index (Phi) is 6.61. The first-order valence-electron chi connectivity index (χ1n) is 7.24. The van der Waals surface area contributed by atoms with Gasteiger partial charge >= 0.3 is 0 Å². The average molecular weight is 426 g/mol. The summed E-state index contributed by atoms with van der Waals surface area (Å²) >= 11 is 12.2. The number of aliphatic hydroxyl groups is 1. The van der Waals surface area contributed by atoms with Crippen LogP contribution < -0.4 is 0 Å². The van der Waals surface area contributed by atoms with Crippen molar-refractivity contribution in [1.82, 2.24) is 14.8 Å². The van der Waals surface area contributed by atoms with Crippen molar-refractivity contribution in [3.63, 3.8) is 0 Å². The van der Waals surface area contributed by atoms with Crippen LogP contribution in [0.15, 0.2) is 30.9 Å². The normalized spacial score (nSPS) is 25.6. The topological polar surface area (TPSA) is 124 Å². The van der Waals surface area contributed by atoms with E-state index in [1.54, 1.807) is 29.8 Å². The van der Waals surface area contributed by atoms with Crippen LogP contribution in [0.3, 0.4) is 0 Å². The van der Waals surface area contributed by atoms with Gasteiger partial charge in [0, 0.05) is 10.6 Å². The molecule has 0 aliphatic carbocycles. The summed E-state index contributed by atoms with van der Waals surface area (Å²) in [6.45, 7) is 1.92. The van der Waals surface area contributed by atoms with Crippen LogP contribution in [0.4, 0.5) is 0 Å². The molecule has 0 amide bonds. The van der Waals surface area contributed by atoms with Gasteiger partial charge in [-0.15, -0.1) is 0 Å². The van der Waals surface area contributed by atoms with E-state index in [0.29, 0.717) is 21.9 Å². The third kappa shape index (κ3) is 5.61.